The lowest BCUT2D eigenvalue weighted by Crippen LogP contribution is -2.04. The summed E-state index contributed by atoms with van der Waals surface area (Å²) in [5.41, 5.74) is 3.18. The van der Waals surface area contributed by atoms with Crippen LogP contribution in [-0.4, -0.2) is 22.0 Å². The highest BCUT2D eigenvalue weighted by Gasteiger charge is 2.09. The van der Waals surface area contributed by atoms with E-state index in [1.54, 1.807) is 19.1 Å². The number of hydrogen-bond donors (Lipinski definition) is 0. The zero-order valence-electron chi connectivity index (χ0n) is 11.1. The second-order valence-corrected chi connectivity index (χ2v) is 4.39. The molecular formula is C16H14N2O2. The van der Waals surface area contributed by atoms with Crippen molar-refractivity contribution in [2.75, 3.05) is 6.61 Å². The Morgan fingerprint density at radius 3 is 2.80 bits per heavy atom. The van der Waals surface area contributed by atoms with E-state index in [9.17, 15) is 4.79 Å². The molecule has 0 saturated carbocycles. The first-order valence-electron chi connectivity index (χ1n) is 6.49. The first kappa shape index (κ1) is 12.4. The second-order valence-electron chi connectivity index (χ2n) is 4.39. The number of esters is 1. The fraction of sp³-hybridized carbons (Fsp3) is 0.125. The number of rotatable bonds is 3. The van der Waals surface area contributed by atoms with Crippen molar-refractivity contribution in [3.63, 3.8) is 0 Å². The van der Waals surface area contributed by atoms with Crippen molar-refractivity contribution in [1.82, 2.24) is 9.38 Å². The van der Waals surface area contributed by atoms with Crippen LogP contribution in [0.15, 0.2) is 54.9 Å². The van der Waals surface area contributed by atoms with Crippen molar-refractivity contribution in [3.8, 4) is 11.3 Å². The van der Waals surface area contributed by atoms with E-state index in [2.05, 4.69) is 4.98 Å². The predicted octanol–water partition coefficient (Wildman–Crippen LogP) is 3.18. The maximum Gasteiger partial charge on any atom is 0.338 e. The molecule has 4 nitrogen and oxygen atoms in total. The van der Waals surface area contributed by atoms with Gasteiger partial charge < -0.3 is 9.14 Å². The van der Waals surface area contributed by atoms with E-state index in [1.165, 1.54) is 0 Å². The van der Waals surface area contributed by atoms with Crippen molar-refractivity contribution < 1.29 is 9.53 Å². The zero-order chi connectivity index (χ0) is 13.9. The summed E-state index contributed by atoms with van der Waals surface area (Å²) in [5.74, 6) is -0.320. The highest BCUT2D eigenvalue weighted by molar-refractivity contribution is 5.90. The Kier molecular flexibility index (Phi) is 3.21. The third-order valence-corrected chi connectivity index (χ3v) is 3.04. The molecule has 0 N–H and O–H groups in total. The van der Waals surface area contributed by atoms with Crippen molar-refractivity contribution in [3.05, 3.63) is 60.4 Å². The van der Waals surface area contributed by atoms with Crippen molar-refractivity contribution in [2.24, 2.45) is 0 Å². The van der Waals surface area contributed by atoms with Crippen LogP contribution in [-0.2, 0) is 4.74 Å². The normalized spacial score (nSPS) is 10.7. The minimum atomic E-state index is -0.320. The molecule has 0 amide bonds. The number of pyridine rings is 1. The van der Waals surface area contributed by atoms with Crippen LogP contribution in [0, 0.1) is 0 Å². The predicted molar refractivity (Wildman–Crippen MR) is 76.6 cm³/mol. The number of hydrogen-bond acceptors (Lipinski definition) is 3. The monoisotopic (exact) mass is 266 g/mol. The molecule has 4 heteroatoms. The van der Waals surface area contributed by atoms with Gasteiger partial charge in [-0.1, -0.05) is 30.3 Å². The molecule has 0 aliphatic heterocycles. The van der Waals surface area contributed by atoms with Crippen LogP contribution in [0.4, 0.5) is 0 Å². The van der Waals surface area contributed by atoms with Gasteiger partial charge in [0.25, 0.3) is 0 Å². The lowest BCUT2D eigenvalue weighted by molar-refractivity contribution is 0.0526. The van der Waals surface area contributed by atoms with Crippen molar-refractivity contribution >= 4 is 11.6 Å². The van der Waals surface area contributed by atoms with Crippen LogP contribution in [0.2, 0.25) is 0 Å². The Labute approximate surface area is 116 Å². The van der Waals surface area contributed by atoms with E-state index in [-0.39, 0.29) is 5.97 Å². The fourth-order valence-corrected chi connectivity index (χ4v) is 2.07. The van der Waals surface area contributed by atoms with Gasteiger partial charge in [0.15, 0.2) is 0 Å². The lowest BCUT2D eigenvalue weighted by Gasteiger charge is -2.01. The molecule has 0 unspecified atom stereocenters. The summed E-state index contributed by atoms with van der Waals surface area (Å²) in [6, 6.07) is 13.4. The molecule has 1 aromatic carbocycles. The first-order valence-corrected chi connectivity index (χ1v) is 6.49. The minimum Gasteiger partial charge on any atom is -0.462 e. The Bertz CT molecular complexity index is 748. The highest BCUT2D eigenvalue weighted by atomic mass is 16.5. The number of aromatic nitrogens is 2. The molecular weight excluding hydrogens is 252 g/mol. The van der Waals surface area contributed by atoms with Crippen LogP contribution < -0.4 is 0 Å². The first-order chi connectivity index (χ1) is 9.78. The van der Waals surface area contributed by atoms with Gasteiger partial charge >= 0.3 is 5.97 Å². The van der Waals surface area contributed by atoms with Crippen LogP contribution >= 0.6 is 0 Å². The molecule has 2 aromatic heterocycles. The van der Waals surface area contributed by atoms with Crippen LogP contribution in [0.1, 0.15) is 17.3 Å². The maximum atomic E-state index is 11.7. The summed E-state index contributed by atoms with van der Waals surface area (Å²) < 4.78 is 6.89. The van der Waals surface area contributed by atoms with E-state index in [0.717, 1.165) is 16.9 Å². The minimum absolute atomic E-state index is 0.320. The van der Waals surface area contributed by atoms with Gasteiger partial charge in [-0.25, -0.2) is 9.78 Å². The van der Waals surface area contributed by atoms with Crippen molar-refractivity contribution in [1.29, 1.82) is 0 Å². The van der Waals surface area contributed by atoms with Crippen LogP contribution in [0.25, 0.3) is 16.9 Å². The fourth-order valence-electron chi connectivity index (χ4n) is 2.07. The molecule has 0 saturated heterocycles. The lowest BCUT2D eigenvalue weighted by atomic mass is 10.2. The van der Waals surface area contributed by atoms with Gasteiger partial charge in [0.05, 0.1) is 17.9 Å². The average molecular weight is 266 g/mol. The number of benzene rings is 1. The van der Waals surface area contributed by atoms with Gasteiger partial charge in [-0.3, -0.25) is 0 Å². The maximum absolute atomic E-state index is 11.7. The average Bonchev–Trinajstić information content (AvgIpc) is 2.91. The number of nitrogens with zero attached hydrogens (tertiary/aromatic N) is 2. The van der Waals surface area contributed by atoms with E-state index >= 15 is 0 Å². The summed E-state index contributed by atoms with van der Waals surface area (Å²) >= 11 is 0. The van der Waals surface area contributed by atoms with Gasteiger partial charge in [0, 0.05) is 18.0 Å². The summed E-state index contributed by atoms with van der Waals surface area (Å²) in [5, 5.41) is 0. The zero-order valence-corrected chi connectivity index (χ0v) is 11.1. The molecule has 0 spiro atoms. The number of carbonyl (C=O) groups is 1. The highest BCUT2D eigenvalue weighted by Crippen LogP contribution is 2.19. The molecule has 3 aromatic rings. The molecule has 0 atom stereocenters. The molecule has 3 rings (SSSR count). The molecule has 0 aliphatic rings. The van der Waals surface area contributed by atoms with Crippen LogP contribution in [0.3, 0.4) is 0 Å². The van der Waals surface area contributed by atoms with E-state index in [0.29, 0.717) is 12.2 Å². The number of fused-ring (bicyclic) bond motifs is 1. The van der Waals surface area contributed by atoms with Crippen molar-refractivity contribution in [2.45, 2.75) is 6.92 Å². The number of ether oxygens (including phenoxy) is 1. The Morgan fingerprint density at radius 1 is 1.25 bits per heavy atom. The summed E-state index contributed by atoms with van der Waals surface area (Å²) in [4.78, 5) is 16.2. The van der Waals surface area contributed by atoms with E-state index < -0.39 is 0 Å². The molecule has 100 valence electrons. The third-order valence-electron chi connectivity index (χ3n) is 3.04. The summed E-state index contributed by atoms with van der Waals surface area (Å²) in [6.45, 7) is 2.16. The van der Waals surface area contributed by atoms with Gasteiger partial charge in [-0.2, -0.15) is 0 Å². The SMILES string of the molecule is CCOC(=O)c1ccn2cc(-c3ccccc3)nc2c1. The Morgan fingerprint density at radius 2 is 2.05 bits per heavy atom. The third kappa shape index (κ3) is 2.28. The smallest absolute Gasteiger partial charge is 0.338 e. The number of carbonyl (C=O) groups excluding carboxylic acids is 1. The molecule has 20 heavy (non-hydrogen) atoms. The van der Waals surface area contributed by atoms with Gasteiger partial charge in [-0.15, -0.1) is 0 Å². The van der Waals surface area contributed by atoms with Gasteiger partial charge in [0.1, 0.15) is 5.65 Å². The molecule has 0 aliphatic carbocycles. The molecule has 0 bridgehead atoms. The largest absolute Gasteiger partial charge is 0.462 e. The number of imidazole rings is 1. The molecule has 0 fully saturated rings. The standard InChI is InChI=1S/C16H14N2O2/c1-2-20-16(19)13-8-9-18-11-14(17-15(18)10-13)12-6-4-3-5-7-12/h3-11H,2H2,1H3. The topological polar surface area (TPSA) is 43.6 Å². The molecule has 2 heterocycles. The Balaban J connectivity index is 2.02. The quantitative estimate of drug-likeness (QED) is 0.684. The second kappa shape index (κ2) is 5.17. The van der Waals surface area contributed by atoms with Gasteiger partial charge in [0.2, 0.25) is 0 Å². The Hall–Kier alpha value is -2.62. The summed E-state index contributed by atoms with van der Waals surface area (Å²) in [7, 11) is 0. The van der Waals surface area contributed by atoms with E-state index in [1.807, 2.05) is 47.1 Å². The summed E-state index contributed by atoms with van der Waals surface area (Å²) in [6.07, 6.45) is 3.76. The van der Waals surface area contributed by atoms with Crippen LogP contribution in [0.5, 0.6) is 0 Å². The van der Waals surface area contributed by atoms with Gasteiger partial charge in [-0.05, 0) is 19.1 Å². The van der Waals surface area contributed by atoms with E-state index in [4.69, 9.17) is 4.74 Å². The molecule has 0 radical (unpaired) electrons.